The molecule has 0 saturated carbocycles. The molecule has 8 heteroatoms. The Morgan fingerprint density at radius 2 is 1.86 bits per heavy atom. The summed E-state index contributed by atoms with van der Waals surface area (Å²) in [4.78, 5) is 10.3. The number of pyridine rings is 2. The van der Waals surface area contributed by atoms with E-state index in [0.29, 0.717) is 17.7 Å². The highest BCUT2D eigenvalue weighted by Crippen LogP contribution is 2.30. The Balaban J connectivity index is 1.41. The summed E-state index contributed by atoms with van der Waals surface area (Å²) in [6.45, 7) is 2.38. The zero-order valence-electron chi connectivity index (χ0n) is 15.6. The number of anilines is 1. The molecule has 1 aliphatic rings. The topological polar surface area (TPSA) is 41.0 Å². The highest BCUT2D eigenvalue weighted by atomic mass is 19.4. The Morgan fingerprint density at radius 3 is 2.59 bits per heavy atom. The first-order chi connectivity index (χ1) is 13.9. The van der Waals surface area contributed by atoms with Crippen LogP contribution in [-0.4, -0.2) is 34.0 Å². The van der Waals surface area contributed by atoms with Crippen molar-refractivity contribution in [2.75, 3.05) is 18.4 Å². The maximum absolute atomic E-state index is 13.3. The van der Waals surface area contributed by atoms with Crippen LogP contribution in [0.1, 0.15) is 24.1 Å². The van der Waals surface area contributed by atoms with E-state index < -0.39 is 11.9 Å². The third-order valence-electron chi connectivity index (χ3n) is 5.13. The van der Waals surface area contributed by atoms with Crippen LogP contribution in [0.2, 0.25) is 0 Å². The second-order valence-electron chi connectivity index (χ2n) is 7.25. The zero-order chi connectivity index (χ0) is 20.4. The van der Waals surface area contributed by atoms with Gasteiger partial charge in [0.2, 0.25) is 0 Å². The lowest BCUT2D eigenvalue weighted by atomic mass is 10.0. The Morgan fingerprint density at radius 1 is 1.07 bits per heavy atom. The number of rotatable bonds is 4. The number of alkyl halides is 3. The van der Waals surface area contributed by atoms with Gasteiger partial charge in [0.1, 0.15) is 17.3 Å². The van der Waals surface area contributed by atoms with Crippen LogP contribution in [0.3, 0.4) is 0 Å². The fraction of sp³-hybridized carbons (Fsp3) is 0.333. The number of aromatic nitrogens is 2. The summed E-state index contributed by atoms with van der Waals surface area (Å²) in [7, 11) is 0. The first-order valence-corrected chi connectivity index (χ1v) is 9.45. The summed E-state index contributed by atoms with van der Waals surface area (Å²) in [6, 6.07) is 10.7. The summed E-state index contributed by atoms with van der Waals surface area (Å²) < 4.78 is 52.0. The van der Waals surface area contributed by atoms with Crippen molar-refractivity contribution in [1.29, 1.82) is 0 Å². The maximum Gasteiger partial charge on any atom is 0.433 e. The molecule has 1 N–H and O–H groups in total. The van der Waals surface area contributed by atoms with Crippen LogP contribution >= 0.6 is 0 Å². The molecule has 3 aromatic rings. The van der Waals surface area contributed by atoms with E-state index in [4.69, 9.17) is 0 Å². The molecule has 1 fully saturated rings. The smallest absolute Gasteiger partial charge is 0.367 e. The molecule has 1 aliphatic heterocycles. The molecule has 4 nitrogen and oxygen atoms in total. The number of piperidine rings is 1. The molecule has 0 aliphatic carbocycles. The first kappa shape index (κ1) is 19.6. The predicted molar refractivity (Wildman–Crippen MR) is 103 cm³/mol. The van der Waals surface area contributed by atoms with Gasteiger partial charge in [-0.1, -0.05) is 12.1 Å². The fourth-order valence-electron chi connectivity index (χ4n) is 3.65. The number of nitrogens with one attached hydrogen (secondary N) is 1. The van der Waals surface area contributed by atoms with Gasteiger partial charge in [0.25, 0.3) is 0 Å². The van der Waals surface area contributed by atoms with E-state index in [9.17, 15) is 17.6 Å². The van der Waals surface area contributed by atoms with Crippen molar-refractivity contribution in [1.82, 2.24) is 14.9 Å². The lowest BCUT2D eigenvalue weighted by molar-refractivity contribution is -0.140. The molecule has 1 aromatic carbocycles. The number of fused-ring (bicyclic) bond motifs is 1. The quantitative estimate of drug-likeness (QED) is 0.631. The molecule has 0 radical (unpaired) electrons. The van der Waals surface area contributed by atoms with Gasteiger partial charge in [-0.2, -0.15) is 13.2 Å². The van der Waals surface area contributed by atoms with Crippen molar-refractivity contribution in [2.24, 2.45) is 0 Å². The molecule has 0 amide bonds. The normalized spacial score (nSPS) is 16.3. The monoisotopic (exact) mass is 404 g/mol. The van der Waals surface area contributed by atoms with Crippen LogP contribution in [0.25, 0.3) is 10.9 Å². The van der Waals surface area contributed by atoms with Crippen LogP contribution in [0.15, 0.2) is 48.7 Å². The van der Waals surface area contributed by atoms with E-state index >= 15 is 0 Å². The second-order valence-corrected chi connectivity index (χ2v) is 7.25. The number of benzene rings is 1. The van der Waals surface area contributed by atoms with E-state index in [1.54, 1.807) is 12.1 Å². The Kier molecular flexibility index (Phi) is 5.36. The lowest BCUT2D eigenvalue weighted by Gasteiger charge is -2.32. The summed E-state index contributed by atoms with van der Waals surface area (Å²) in [5, 5.41) is 3.93. The van der Waals surface area contributed by atoms with E-state index in [0.717, 1.165) is 37.6 Å². The van der Waals surface area contributed by atoms with Gasteiger partial charge in [-0.15, -0.1) is 0 Å². The Labute approximate surface area is 165 Å². The largest absolute Gasteiger partial charge is 0.433 e. The van der Waals surface area contributed by atoms with Crippen molar-refractivity contribution in [3.8, 4) is 0 Å². The predicted octanol–water partition coefficient (Wildman–Crippen LogP) is 4.86. The van der Waals surface area contributed by atoms with Crippen LogP contribution in [-0.2, 0) is 12.7 Å². The number of nitrogens with zero attached hydrogens (tertiary/aromatic N) is 3. The van der Waals surface area contributed by atoms with Gasteiger partial charge in [0.15, 0.2) is 0 Å². The third kappa shape index (κ3) is 4.64. The van der Waals surface area contributed by atoms with E-state index in [-0.39, 0.29) is 17.4 Å². The van der Waals surface area contributed by atoms with Crippen LogP contribution in [0.4, 0.5) is 23.4 Å². The van der Waals surface area contributed by atoms with Crippen molar-refractivity contribution in [2.45, 2.75) is 31.6 Å². The fourth-order valence-corrected chi connectivity index (χ4v) is 3.65. The van der Waals surface area contributed by atoms with Gasteiger partial charge in [-0.05, 0) is 48.7 Å². The molecule has 152 valence electrons. The Bertz CT molecular complexity index is 997. The van der Waals surface area contributed by atoms with E-state index in [2.05, 4.69) is 20.2 Å². The molecule has 2 aromatic heterocycles. The third-order valence-corrected chi connectivity index (χ3v) is 5.13. The molecule has 1 saturated heterocycles. The molecular formula is C21H20F4N4. The molecule has 3 heterocycles. The lowest BCUT2D eigenvalue weighted by Crippen LogP contribution is -2.38. The summed E-state index contributed by atoms with van der Waals surface area (Å²) in [5.41, 5.74) is 0.298. The summed E-state index contributed by atoms with van der Waals surface area (Å²) in [5.74, 6) is 0.315. The Hall–Kier alpha value is -2.74. The van der Waals surface area contributed by atoms with Crippen LogP contribution in [0.5, 0.6) is 0 Å². The number of likely N-dealkylation sites (tertiary alicyclic amines) is 1. The molecule has 0 unspecified atom stereocenters. The number of hydrogen-bond acceptors (Lipinski definition) is 4. The second kappa shape index (κ2) is 7.94. The minimum Gasteiger partial charge on any atom is -0.367 e. The number of halogens is 4. The van der Waals surface area contributed by atoms with E-state index in [1.807, 2.05) is 6.07 Å². The van der Waals surface area contributed by atoms with Crippen molar-refractivity contribution >= 4 is 16.7 Å². The van der Waals surface area contributed by atoms with Gasteiger partial charge < -0.3 is 5.32 Å². The van der Waals surface area contributed by atoms with Gasteiger partial charge in [-0.25, -0.2) is 14.4 Å². The van der Waals surface area contributed by atoms with Crippen molar-refractivity contribution in [3.63, 3.8) is 0 Å². The molecule has 0 spiro atoms. The van der Waals surface area contributed by atoms with Gasteiger partial charge in [0, 0.05) is 37.3 Å². The highest BCUT2D eigenvalue weighted by molar-refractivity contribution is 5.89. The minimum absolute atomic E-state index is 0.166. The molecule has 4 rings (SSSR count). The molecule has 0 atom stereocenters. The maximum atomic E-state index is 13.3. The van der Waals surface area contributed by atoms with E-state index in [1.165, 1.54) is 24.4 Å². The van der Waals surface area contributed by atoms with Crippen molar-refractivity contribution < 1.29 is 17.6 Å². The minimum atomic E-state index is -4.47. The van der Waals surface area contributed by atoms with Gasteiger partial charge in [0.05, 0.1) is 5.52 Å². The first-order valence-electron chi connectivity index (χ1n) is 9.45. The van der Waals surface area contributed by atoms with Crippen LogP contribution < -0.4 is 5.32 Å². The van der Waals surface area contributed by atoms with Crippen LogP contribution in [0, 0.1) is 5.82 Å². The summed E-state index contributed by atoms with van der Waals surface area (Å²) >= 11 is 0. The van der Waals surface area contributed by atoms with Gasteiger partial charge in [-0.3, -0.25) is 4.90 Å². The molecular weight excluding hydrogens is 384 g/mol. The highest BCUT2D eigenvalue weighted by Gasteiger charge is 2.32. The summed E-state index contributed by atoms with van der Waals surface area (Å²) in [6.07, 6.45) is -1.28. The number of hydrogen-bond donors (Lipinski definition) is 1. The molecule has 0 bridgehead atoms. The SMILES string of the molecule is Fc1cccc(CN2CCC(Nc3nccc4nc(C(F)(F)F)ccc34)CC2)c1. The average Bonchev–Trinajstić information content (AvgIpc) is 2.69. The standard InChI is InChI=1S/C21H20F4N4/c22-15-3-1-2-14(12-15)13-29-10-7-16(8-11-29)27-20-17-4-5-19(21(23,24)25)28-18(17)6-9-26-20/h1-6,9,12,16H,7-8,10-11,13H2,(H,26,27). The average molecular weight is 404 g/mol. The molecule has 29 heavy (non-hydrogen) atoms. The zero-order valence-corrected chi connectivity index (χ0v) is 15.6. The van der Waals surface area contributed by atoms with Gasteiger partial charge >= 0.3 is 6.18 Å². The van der Waals surface area contributed by atoms with Crippen molar-refractivity contribution in [3.05, 3.63) is 65.7 Å².